The number of amides is 3. The van der Waals surface area contributed by atoms with Crippen LogP contribution in [0, 0.1) is 0 Å². The van der Waals surface area contributed by atoms with Gasteiger partial charge >= 0.3 is 6.03 Å². The summed E-state index contributed by atoms with van der Waals surface area (Å²) in [4.78, 5) is 30.0. The summed E-state index contributed by atoms with van der Waals surface area (Å²) in [5.41, 5.74) is 1.71. The van der Waals surface area contributed by atoms with E-state index >= 15 is 0 Å². The predicted molar refractivity (Wildman–Crippen MR) is 112 cm³/mol. The highest BCUT2D eigenvalue weighted by molar-refractivity contribution is 7.14. The van der Waals surface area contributed by atoms with E-state index in [0.717, 1.165) is 24.2 Å². The van der Waals surface area contributed by atoms with E-state index in [-0.39, 0.29) is 18.4 Å². The summed E-state index contributed by atoms with van der Waals surface area (Å²) in [6.07, 6.45) is 6.63. The molecule has 2 N–H and O–H groups in total. The van der Waals surface area contributed by atoms with Gasteiger partial charge in [0, 0.05) is 25.0 Å². The molecule has 3 amide bonds. The van der Waals surface area contributed by atoms with Crippen LogP contribution in [0.15, 0.2) is 29.6 Å². The second-order valence-corrected chi connectivity index (χ2v) is 8.32. The van der Waals surface area contributed by atoms with Crippen molar-refractivity contribution >= 4 is 28.4 Å². The Bertz CT molecular complexity index is 846. The lowest BCUT2D eigenvalue weighted by Gasteiger charge is -2.23. The zero-order valence-corrected chi connectivity index (χ0v) is 17.2. The van der Waals surface area contributed by atoms with E-state index in [4.69, 9.17) is 4.74 Å². The lowest BCUT2D eigenvalue weighted by atomic mass is 9.98. The van der Waals surface area contributed by atoms with Crippen LogP contribution in [-0.4, -0.2) is 36.1 Å². The standard InChI is InChI=1S/C21H26N4O3S/c26-19(12-16-14-29-21(24-16)25-11-10-22-20(25)27)23-13-15-6-8-18(9-7-15)28-17-4-2-1-3-5-17/h6-9,14,17H,1-5,10-13H2,(H,22,27)(H,23,26). The second kappa shape index (κ2) is 9.26. The van der Waals surface area contributed by atoms with Crippen molar-refractivity contribution in [2.75, 3.05) is 18.0 Å². The van der Waals surface area contributed by atoms with Gasteiger partial charge in [0.2, 0.25) is 5.91 Å². The first-order valence-electron chi connectivity index (χ1n) is 10.2. The van der Waals surface area contributed by atoms with E-state index < -0.39 is 0 Å². The number of nitrogens with one attached hydrogen (secondary N) is 2. The third-order valence-corrected chi connectivity index (χ3v) is 6.15. The molecule has 1 aromatic carbocycles. The van der Waals surface area contributed by atoms with Gasteiger partial charge in [0.05, 0.1) is 18.2 Å². The zero-order valence-electron chi connectivity index (χ0n) is 16.4. The van der Waals surface area contributed by atoms with Crippen LogP contribution in [-0.2, 0) is 17.8 Å². The number of anilines is 1. The van der Waals surface area contributed by atoms with Crippen molar-refractivity contribution in [1.29, 1.82) is 0 Å². The number of hydrogen-bond donors (Lipinski definition) is 2. The first kappa shape index (κ1) is 19.7. The SMILES string of the molecule is O=C(Cc1csc(N2CCNC2=O)n1)NCc1ccc(OC2CCCCC2)cc1. The van der Waals surface area contributed by atoms with E-state index in [0.29, 0.717) is 36.6 Å². The van der Waals surface area contributed by atoms with Gasteiger partial charge in [-0.05, 0) is 43.4 Å². The average Bonchev–Trinajstić information content (AvgIpc) is 3.37. The number of carbonyl (C=O) groups is 2. The van der Waals surface area contributed by atoms with Gasteiger partial charge in [-0.25, -0.2) is 9.78 Å². The third-order valence-electron chi connectivity index (χ3n) is 5.24. The minimum Gasteiger partial charge on any atom is -0.490 e. The molecule has 4 rings (SSSR count). The first-order valence-corrected chi connectivity index (χ1v) is 11.1. The molecular formula is C21H26N4O3S. The lowest BCUT2D eigenvalue weighted by Crippen LogP contribution is -2.27. The average molecular weight is 415 g/mol. The van der Waals surface area contributed by atoms with Crippen molar-refractivity contribution < 1.29 is 14.3 Å². The van der Waals surface area contributed by atoms with Gasteiger partial charge in [-0.2, -0.15) is 0 Å². The molecule has 0 spiro atoms. The van der Waals surface area contributed by atoms with Crippen LogP contribution in [0.4, 0.5) is 9.93 Å². The van der Waals surface area contributed by atoms with Crippen LogP contribution in [0.3, 0.4) is 0 Å². The number of urea groups is 1. The number of rotatable bonds is 7. The summed E-state index contributed by atoms with van der Waals surface area (Å²) in [6, 6.07) is 7.80. The van der Waals surface area contributed by atoms with Crippen molar-refractivity contribution in [3.8, 4) is 5.75 Å². The van der Waals surface area contributed by atoms with E-state index in [9.17, 15) is 9.59 Å². The molecule has 1 saturated carbocycles. The molecule has 7 nitrogen and oxygen atoms in total. The summed E-state index contributed by atoms with van der Waals surface area (Å²) in [5.74, 6) is 0.809. The second-order valence-electron chi connectivity index (χ2n) is 7.48. The van der Waals surface area contributed by atoms with E-state index in [1.54, 1.807) is 4.90 Å². The van der Waals surface area contributed by atoms with Crippen LogP contribution in [0.5, 0.6) is 5.75 Å². The molecule has 1 aliphatic heterocycles. The number of benzene rings is 1. The van der Waals surface area contributed by atoms with E-state index in [1.165, 1.54) is 30.6 Å². The van der Waals surface area contributed by atoms with Crippen LogP contribution in [0.2, 0.25) is 0 Å². The third kappa shape index (κ3) is 5.26. The molecular weight excluding hydrogens is 388 g/mol. The van der Waals surface area contributed by atoms with E-state index in [2.05, 4.69) is 15.6 Å². The molecule has 1 aromatic heterocycles. The summed E-state index contributed by atoms with van der Waals surface area (Å²) in [6.45, 7) is 1.70. The molecule has 2 aromatic rings. The first-order chi connectivity index (χ1) is 14.2. The zero-order chi connectivity index (χ0) is 20.1. The number of thiazole rings is 1. The van der Waals surface area contributed by atoms with Crippen molar-refractivity contribution in [2.24, 2.45) is 0 Å². The molecule has 0 unspecified atom stereocenters. The minimum atomic E-state index is -0.133. The van der Waals surface area contributed by atoms with Crippen molar-refractivity contribution in [2.45, 2.75) is 51.2 Å². The maximum atomic E-state index is 12.2. The van der Waals surface area contributed by atoms with Gasteiger partial charge in [0.15, 0.2) is 5.13 Å². The summed E-state index contributed by atoms with van der Waals surface area (Å²) >= 11 is 1.38. The van der Waals surface area contributed by atoms with Crippen LogP contribution >= 0.6 is 11.3 Å². The topological polar surface area (TPSA) is 83.6 Å². The number of hydrogen-bond acceptors (Lipinski definition) is 5. The Hall–Kier alpha value is -2.61. The molecule has 0 bridgehead atoms. The smallest absolute Gasteiger partial charge is 0.323 e. The van der Waals surface area contributed by atoms with Crippen molar-refractivity contribution in [1.82, 2.24) is 15.6 Å². The Morgan fingerprint density at radius 1 is 1.24 bits per heavy atom. The van der Waals surface area contributed by atoms with Gasteiger partial charge in [-0.3, -0.25) is 9.69 Å². The normalized spacial score (nSPS) is 17.2. The van der Waals surface area contributed by atoms with Crippen molar-refractivity contribution in [3.63, 3.8) is 0 Å². The Morgan fingerprint density at radius 3 is 2.76 bits per heavy atom. The molecule has 154 valence electrons. The van der Waals surface area contributed by atoms with Crippen LogP contribution < -0.4 is 20.3 Å². The molecule has 1 aliphatic carbocycles. The Kier molecular flexibility index (Phi) is 6.29. The van der Waals surface area contributed by atoms with E-state index in [1.807, 2.05) is 29.6 Å². The highest BCUT2D eigenvalue weighted by atomic mass is 32.1. The van der Waals surface area contributed by atoms with Gasteiger partial charge in [0.25, 0.3) is 0 Å². The lowest BCUT2D eigenvalue weighted by molar-refractivity contribution is -0.120. The number of carbonyl (C=O) groups excluding carboxylic acids is 2. The van der Waals surface area contributed by atoms with Gasteiger partial charge in [0.1, 0.15) is 5.75 Å². The highest BCUT2D eigenvalue weighted by Crippen LogP contribution is 2.24. The van der Waals surface area contributed by atoms with Gasteiger partial charge < -0.3 is 15.4 Å². The summed E-state index contributed by atoms with van der Waals surface area (Å²) in [7, 11) is 0. The van der Waals surface area contributed by atoms with Crippen molar-refractivity contribution in [3.05, 3.63) is 40.9 Å². The maximum absolute atomic E-state index is 12.2. The van der Waals surface area contributed by atoms with Crippen LogP contribution in [0.25, 0.3) is 0 Å². The molecule has 1 saturated heterocycles. The highest BCUT2D eigenvalue weighted by Gasteiger charge is 2.24. The fourth-order valence-electron chi connectivity index (χ4n) is 3.64. The largest absolute Gasteiger partial charge is 0.490 e. The number of ether oxygens (including phenoxy) is 1. The monoisotopic (exact) mass is 414 g/mol. The Morgan fingerprint density at radius 2 is 2.03 bits per heavy atom. The minimum absolute atomic E-state index is 0.0877. The predicted octanol–water partition coefficient (Wildman–Crippen LogP) is 3.24. The number of nitrogens with zero attached hydrogens (tertiary/aromatic N) is 2. The number of aromatic nitrogens is 1. The van der Waals surface area contributed by atoms with Gasteiger partial charge in [-0.15, -0.1) is 11.3 Å². The van der Waals surface area contributed by atoms with Crippen LogP contribution in [0.1, 0.15) is 43.4 Å². The Balaban J connectivity index is 1.23. The molecule has 2 fully saturated rings. The molecule has 2 heterocycles. The molecule has 8 heteroatoms. The fourth-order valence-corrected chi connectivity index (χ4v) is 4.49. The van der Waals surface area contributed by atoms with Gasteiger partial charge in [-0.1, -0.05) is 18.6 Å². The molecule has 0 atom stereocenters. The summed E-state index contributed by atoms with van der Waals surface area (Å²) < 4.78 is 6.04. The molecule has 2 aliphatic rings. The molecule has 29 heavy (non-hydrogen) atoms. The molecule has 0 radical (unpaired) electrons. The maximum Gasteiger partial charge on any atom is 0.323 e. The summed E-state index contributed by atoms with van der Waals surface area (Å²) in [5, 5.41) is 8.14. The fraction of sp³-hybridized carbons (Fsp3) is 0.476. The Labute approximate surface area is 174 Å². The quantitative estimate of drug-likeness (QED) is 0.729.